The SMILES string of the molecule is CSC[C@H](C)C(=O)NC[C@H](O)c1cc(Cl)cc(Cl)c1. The van der Waals surface area contributed by atoms with E-state index in [0.717, 1.165) is 5.75 Å². The van der Waals surface area contributed by atoms with Crippen LogP contribution in [-0.4, -0.2) is 29.6 Å². The lowest BCUT2D eigenvalue weighted by molar-refractivity contribution is -0.124. The minimum absolute atomic E-state index is 0.0680. The summed E-state index contributed by atoms with van der Waals surface area (Å²) in [7, 11) is 0. The van der Waals surface area contributed by atoms with Gasteiger partial charge in [-0.2, -0.15) is 11.8 Å². The lowest BCUT2D eigenvalue weighted by Gasteiger charge is -2.15. The van der Waals surface area contributed by atoms with Gasteiger partial charge in [0.25, 0.3) is 0 Å². The Balaban J connectivity index is 2.55. The summed E-state index contributed by atoms with van der Waals surface area (Å²) < 4.78 is 0. The van der Waals surface area contributed by atoms with E-state index in [-0.39, 0.29) is 18.4 Å². The van der Waals surface area contributed by atoms with E-state index in [9.17, 15) is 9.90 Å². The molecular weight excluding hydrogens is 305 g/mol. The van der Waals surface area contributed by atoms with Crippen molar-refractivity contribution in [2.75, 3.05) is 18.6 Å². The van der Waals surface area contributed by atoms with Gasteiger partial charge in [0, 0.05) is 28.3 Å². The van der Waals surface area contributed by atoms with Gasteiger partial charge in [0.15, 0.2) is 0 Å². The van der Waals surface area contributed by atoms with Crippen molar-refractivity contribution in [3.63, 3.8) is 0 Å². The smallest absolute Gasteiger partial charge is 0.223 e. The van der Waals surface area contributed by atoms with Gasteiger partial charge in [0.1, 0.15) is 0 Å². The van der Waals surface area contributed by atoms with Crippen molar-refractivity contribution in [3.8, 4) is 0 Å². The van der Waals surface area contributed by atoms with Crippen LogP contribution in [0.3, 0.4) is 0 Å². The quantitative estimate of drug-likeness (QED) is 0.846. The van der Waals surface area contributed by atoms with E-state index in [4.69, 9.17) is 23.2 Å². The number of aliphatic hydroxyl groups excluding tert-OH is 1. The summed E-state index contributed by atoms with van der Waals surface area (Å²) >= 11 is 13.3. The molecule has 0 aromatic heterocycles. The maximum absolute atomic E-state index is 11.7. The van der Waals surface area contributed by atoms with E-state index >= 15 is 0 Å². The van der Waals surface area contributed by atoms with E-state index in [0.29, 0.717) is 15.6 Å². The third-order valence-electron chi connectivity index (χ3n) is 2.60. The number of amides is 1. The molecule has 6 heteroatoms. The Labute approximate surface area is 127 Å². The minimum atomic E-state index is -0.818. The Hall–Kier alpha value is -0.420. The van der Waals surface area contributed by atoms with E-state index < -0.39 is 6.10 Å². The molecule has 0 fully saturated rings. The normalized spacial score (nSPS) is 13.9. The van der Waals surface area contributed by atoms with Crippen LogP contribution < -0.4 is 5.32 Å². The molecule has 1 rings (SSSR count). The molecule has 1 amide bonds. The van der Waals surface area contributed by atoms with E-state index in [1.807, 2.05) is 13.2 Å². The van der Waals surface area contributed by atoms with Gasteiger partial charge < -0.3 is 10.4 Å². The number of hydrogen-bond donors (Lipinski definition) is 2. The molecule has 3 nitrogen and oxygen atoms in total. The second-order valence-corrected chi connectivity index (χ2v) is 6.10. The Bertz CT molecular complexity index is 422. The van der Waals surface area contributed by atoms with Crippen molar-refractivity contribution in [2.24, 2.45) is 5.92 Å². The Morgan fingerprint density at radius 1 is 1.37 bits per heavy atom. The van der Waals surface area contributed by atoms with Crippen LogP contribution in [0, 0.1) is 5.92 Å². The van der Waals surface area contributed by atoms with Crippen LogP contribution in [0.4, 0.5) is 0 Å². The highest BCUT2D eigenvalue weighted by molar-refractivity contribution is 7.98. The molecule has 19 heavy (non-hydrogen) atoms. The molecule has 1 aromatic carbocycles. The molecule has 2 N–H and O–H groups in total. The van der Waals surface area contributed by atoms with Gasteiger partial charge >= 0.3 is 0 Å². The van der Waals surface area contributed by atoms with Gasteiger partial charge in [-0.05, 0) is 30.0 Å². The third kappa shape index (κ3) is 5.61. The van der Waals surface area contributed by atoms with Gasteiger partial charge in [-0.25, -0.2) is 0 Å². The summed E-state index contributed by atoms with van der Waals surface area (Å²) in [6, 6.07) is 4.86. The number of aliphatic hydroxyl groups is 1. The highest BCUT2D eigenvalue weighted by Crippen LogP contribution is 2.23. The number of benzene rings is 1. The van der Waals surface area contributed by atoms with Gasteiger partial charge in [-0.1, -0.05) is 30.1 Å². The third-order valence-corrected chi connectivity index (χ3v) is 3.87. The first-order valence-electron chi connectivity index (χ1n) is 5.84. The second-order valence-electron chi connectivity index (χ2n) is 4.32. The number of nitrogens with one attached hydrogen (secondary N) is 1. The number of carbonyl (C=O) groups excluding carboxylic acids is 1. The average Bonchev–Trinajstić information content (AvgIpc) is 2.34. The summed E-state index contributed by atoms with van der Waals surface area (Å²) in [5.74, 6) is 0.608. The van der Waals surface area contributed by atoms with Crippen LogP contribution in [0.1, 0.15) is 18.6 Å². The molecule has 2 atom stereocenters. The minimum Gasteiger partial charge on any atom is -0.387 e. The number of hydrogen-bond acceptors (Lipinski definition) is 3. The number of carbonyl (C=O) groups is 1. The molecule has 0 spiro atoms. The largest absolute Gasteiger partial charge is 0.387 e. The molecule has 0 radical (unpaired) electrons. The molecule has 0 unspecified atom stereocenters. The molecule has 0 saturated carbocycles. The van der Waals surface area contributed by atoms with E-state index in [2.05, 4.69) is 5.32 Å². The average molecular weight is 322 g/mol. The van der Waals surface area contributed by atoms with Crippen LogP contribution in [0.5, 0.6) is 0 Å². The zero-order valence-corrected chi connectivity index (χ0v) is 13.1. The van der Waals surface area contributed by atoms with Gasteiger partial charge in [-0.15, -0.1) is 0 Å². The molecule has 1 aromatic rings. The lowest BCUT2D eigenvalue weighted by atomic mass is 10.1. The zero-order valence-electron chi connectivity index (χ0n) is 10.8. The Kier molecular flexibility index (Phi) is 7.00. The second kappa shape index (κ2) is 8.00. The van der Waals surface area contributed by atoms with Gasteiger partial charge in [0.05, 0.1) is 6.10 Å². The molecular formula is C13H17Cl2NO2S. The summed E-state index contributed by atoms with van der Waals surface area (Å²) in [6.45, 7) is 2.00. The molecule has 0 aliphatic rings. The van der Waals surface area contributed by atoms with Crippen molar-refractivity contribution < 1.29 is 9.90 Å². The van der Waals surface area contributed by atoms with Gasteiger partial charge in [-0.3, -0.25) is 4.79 Å². The maximum atomic E-state index is 11.7. The topological polar surface area (TPSA) is 49.3 Å². The summed E-state index contributed by atoms with van der Waals surface area (Å²) in [5.41, 5.74) is 0.593. The Morgan fingerprint density at radius 2 is 1.95 bits per heavy atom. The number of rotatable bonds is 6. The van der Waals surface area contributed by atoms with Crippen molar-refractivity contribution in [2.45, 2.75) is 13.0 Å². The summed E-state index contributed by atoms with van der Waals surface area (Å²) in [5, 5.41) is 13.6. The van der Waals surface area contributed by atoms with E-state index in [1.54, 1.807) is 30.0 Å². The molecule has 0 bridgehead atoms. The van der Waals surface area contributed by atoms with Crippen LogP contribution in [0.2, 0.25) is 10.0 Å². The number of thioether (sulfide) groups is 1. The molecule has 0 heterocycles. The number of halogens is 2. The van der Waals surface area contributed by atoms with Crippen LogP contribution in [0.15, 0.2) is 18.2 Å². The molecule has 0 saturated heterocycles. The van der Waals surface area contributed by atoms with E-state index in [1.165, 1.54) is 0 Å². The molecule has 0 aliphatic heterocycles. The fraction of sp³-hybridized carbons (Fsp3) is 0.462. The maximum Gasteiger partial charge on any atom is 0.223 e. The summed E-state index contributed by atoms with van der Waals surface area (Å²) in [6.07, 6.45) is 1.13. The molecule has 106 valence electrons. The first kappa shape index (κ1) is 16.6. The highest BCUT2D eigenvalue weighted by atomic mass is 35.5. The fourth-order valence-electron chi connectivity index (χ4n) is 1.58. The zero-order chi connectivity index (χ0) is 14.4. The highest BCUT2D eigenvalue weighted by Gasteiger charge is 2.15. The standard InChI is InChI=1S/C13H17Cl2NO2S/c1-8(7-19-2)13(18)16-6-12(17)9-3-10(14)5-11(15)4-9/h3-5,8,12,17H,6-7H2,1-2H3,(H,16,18)/t8-,12-/m0/s1. The Morgan fingerprint density at radius 3 is 2.47 bits per heavy atom. The van der Waals surface area contributed by atoms with Crippen molar-refractivity contribution in [1.82, 2.24) is 5.32 Å². The fourth-order valence-corrected chi connectivity index (χ4v) is 2.78. The van der Waals surface area contributed by atoms with Crippen LogP contribution in [0.25, 0.3) is 0 Å². The van der Waals surface area contributed by atoms with Crippen LogP contribution >= 0.6 is 35.0 Å². The first-order valence-corrected chi connectivity index (χ1v) is 7.99. The van der Waals surface area contributed by atoms with Crippen molar-refractivity contribution in [3.05, 3.63) is 33.8 Å². The van der Waals surface area contributed by atoms with Gasteiger partial charge in [0.2, 0.25) is 5.91 Å². The monoisotopic (exact) mass is 321 g/mol. The predicted molar refractivity (Wildman–Crippen MR) is 82.0 cm³/mol. The summed E-state index contributed by atoms with van der Waals surface area (Å²) in [4.78, 5) is 11.7. The van der Waals surface area contributed by atoms with Crippen LogP contribution in [-0.2, 0) is 4.79 Å². The molecule has 0 aliphatic carbocycles. The van der Waals surface area contributed by atoms with Crippen molar-refractivity contribution in [1.29, 1.82) is 0 Å². The lowest BCUT2D eigenvalue weighted by Crippen LogP contribution is -2.33. The predicted octanol–water partition coefficient (Wildman–Crippen LogP) is 3.14. The van der Waals surface area contributed by atoms with Crippen molar-refractivity contribution >= 4 is 40.9 Å². The first-order chi connectivity index (χ1) is 8.93.